The molecule has 69 heavy (non-hydrogen) atoms. The number of carbonyl (C=O) groups excluding carboxylic acids is 2. The van der Waals surface area contributed by atoms with Crippen LogP contribution in [0.1, 0.15) is 81.8 Å². The van der Waals surface area contributed by atoms with Crippen molar-refractivity contribution < 1.29 is 37.0 Å². The van der Waals surface area contributed by atoms with E-state index < -0.39 is 41.0 Å². The van der Waals surface area contributed by atoms with Gasteiger partial charge in [-0.2, -0.15) is 9.97 Å². The molecular formula is C52H57F4N9O4. The molecule has 3 N–H and O–H groups in total. The number of anilines is 2. The molecule has 12 rings (SSSR count). The summed E-state index contributed by atoms with van der Waals surface area (Å²) in [5, 5.41) is 18.2. The van der Waals surface area contributed by atoms with Gasteiger partial charge in [-0.15, -0.1) is 0 Å². The fourth-order valence-electron chi connectivity index (χ4n) is 12.8. The quantitative estimate of drug-likeness (QED) is 0.0932. The van der Waals surface area contributed by atoms with E-state index >= 15 is 17.6 Å². The minimum Gasteiger partial charge on any atom is -0.508 e. The van der Waals surface area contributed by atoms with Crippen molar-refractivity contribution in [3.8, 4) is 23.0 Å². The number of phenolic OH excluding ortho intramolecular Hbond substituents is 1. The van der Waals surface area contributed by atoms with E-state index in [0.29, 0.717) is 96.1 Å². The molecule has 7 fully saturated rings. The topological polar surface area (TPSA) is 139 Å². The summed E-state index contributed by atoms with van der Waals surface area (Å²) >= 11 is 0. The monoisotopic (exact) mass is 947 g/mol. The van der Waals surface area contributed by atoms with Crippen LogP contribution in [0.5, 0.6) is 11.8 Å². The highest BCUT2D eigenvalue weighted by molar-refractivity contribution is 6.02. The average Bonchev–Trinajstić information content (AvgIpc) is 3.82. The summed E-state index contributed by atoms with van der Waals surface area (Å²) in [5.74, 6) is -4.16. The zero-order valence-electron chi connectivity index (χ0n) is 38.8. The van der Waals surface area contributed by atoms with E-state index in [4.69, 9.17) is 14.7 Å². The number of aryl methyl sites for hydroxylation is 1. The second-order valence-corrected chi connectivity index (χ2v) is 21.2. The summed E-state index contributed by atoms with van der Waals surface area (Å²) in [5.41, 5.74) is 1.16. The number of aromatic hydroxyl groups is 1. The molecule has 2 aromatic heterocycles. The maximum Gasteiger partial charge on any atom is 0.319 e. The Morgan fingerprint density at radius 2 is 1.61 bits per heavy atom. The molecule has 3 atom stereocenters. The van der Waals surface area contributed by atoms with Gasteiger partial charge in [-0.05, 0) is 111 Å². The molecule has 1 saturated carbocycles. The molecule has 17 heteroatoms. The number of phenols is 1. The first-order valence-electron chi connectivity index (χ1n) is 24.8. The van der Waals surface area contributed by atoms with Crippen molar-refractivity contribution in [2.45, 2.75) is 95.2 Å². The Kier molecular flexibility index (Phi) is 11.0. The Morgan fingerprint density at radius 1 is 0.855 bits per heavy atom. The number of imide groups is 1. The first-order valence-corrected chi connectivity index (χ1v) is 24.8. The molecule has 362 valence electrons. The Balaban J connectivity index is 0.709. The van der Waals surface area contributed by atoms with E-state index in [0.717, 1.165) is 77.7 Å². The number of amides is 2. The molecule has 5 aromatic rings. The second-order valence-electron chi connectivity index (χ2n) is 21.2. The van der Waals surface area contributed by atoms with Crippen LogP contribution in [0.4, 0.5) is 29.1 Å². The minimum atomic E-state index is -1.02. The van der Waals surface area contributed by atoms with Crippen LogP contribution in [-0.2, 0) is 16.0 Å². The highest BCUT2D eigenvalue weighted by Crippen LogP contribution is 2.50. The van der Waals surface area contributed by atoms with Gasteiger partial charge < -0.3 is 29.9 Å². The number of likely N-dealkylation sites (tertiary alicyclic amines) is 2. The highest BCUT2D eigenvalue weighted by Gasteiger charge is 2.53. The molecular weight excluding hydrogens is 891 g/mol. The number of nitrogens with zero attached hydrogens (tertiary/aromatic N) is 7. The normalized spacial score (nSPS) is 24.7. The summed E-state index contributed by atoms with van der Waals surface area (Å²) < 4.78 is 69.6. The maximum absolute atomic E-state index is 17.2. The van der Waals surface area contributed by atoms with E-state index in [9.17, 15) is 14.7 Å². The number of hydrogen-bond acceptors (Lipinski definition) is 12. The van der Waals surface area contributed by atoms with Crippen LogP contribution in [-0.4, -0.2) is 125 Å². The zero-order chi connectivity index (χ0) is 47.3. The standard InChI is InChI=1S/C52H57F4N9O4/c1-2-35-39(53)7-3-29-17-34(66)20-37(43(29)35)46-45(56)47-38(21-57-46)48(64-22-30-4-5-31(23-64)58-30)61-50(60-47)69-28-51(11-12-51)24-62-16-13-52(25-62)26-65(27-52)32-9-14-63(15-10-32)33-18-40(54)44(41(55)19-33)36-6-8-42(67)59-49(36)68/h3,7,17-21,30-32,36,58,66H,2,4-6,8-16,22-28H2,1H3,(H,59,67,68). The van der Waals surface area contributed by atoms with E-state index in [1.807, 2.05) is 11.8 Å². The van der Waals surface area contributed by atoms with Crippen LogP contribution in [0.25, 0.3) is 32.9 Å². The fraction of sp³-hybridized carbons (Fsp3) is 0.519. The Labute approximate surface area is 397 Å². The van der Waals surface area contributed by atoms with Crippen molar-refractivity contribution in [1.82, 2.24) is 35.4 Å². The number of pyridine rings is 1. The molecule has 8 heterocycles. The van der Waals surface area contributed by atoms with Gasteiger partial charge in [0.05, 0.1) is 17.9 Å². The van der Waals surface area contributed by atoms with Crippen molar-refractivity contribution >= 4 is 45.0 Å². The number of halogens is 4. The lowest BCUT2D eigenvalue weighted by Gasteiger charge is -2.53. The zero-order valence-corrected chi connectivity index (χ0v) is 38.8. The number of rotatable bonds is 11. The molecule has 0 radical (unpaired) electrons. The SMILES string of the molecule is CCc1c(F)ccc2cc(O)cc(-c3ncc4c(N5CC6CCC(C5)N6)nc(OCC5(CN6CCC7(C6)CN(C6CCN(c8cc(F)c(C9CCC(=O)NC9=O)c(F)c8)CC6)C7)CC5)nc4c3F)c12. The molecule has 1 aliphatic carbocycles. The van der Waals surface area contributed by atoms with E-state index in [2.05, 4.69) is 30.3 Å². The van der Waals surface area contributed by atoms with Crippen LogP contribution < -0.4 is 25.2 Å². The predicted molar refractivity (Wildman–Crippen MR) is 252 cm³/mol. The molecule has 2 amide bonds. The van der Waals surface area contributed by atoms with Crippen LogP contribution in [0.15, 0.2) is 42.6 Å². The lowest BCUT2D eigenvalue weighted by molar-refractivity contribution is -0.134. The van der Waals surface area contributed by atoms with Gasteiger partial charge in [0.2, 0.25) is 11.8 Å². The Hall–Kier alpha value is -5.65. The lowest BCUT2D eigenvalue weighted by atomic mass is 9.77. The highest BCUT2D eigenvalue weighted by atomic mass is 19.1. The van der Waals surface area contributed by atoms with Gasteiger partial charge in [-0.25, -0.2) is 17.6 Å². The third kappa shape index (κ3) is 8.11. The van der Waals surface area contributed by atoms with Gasteiger partial charge >= 0.3 is 6.01 Å². The molecule has 2 bridgehead atoms. The number of piperidine rings is 2. The van der Waals surface area contributed by atoms with Gasteiger partial charge in [0, 0.05) is 111 Å². The average molecular weight is 948 g/mol. The smallest absolute Gasteiger partial charge is 0.319 e. The van der Waals surface area contributed by atoms with Crippen LogP contribution >= 0.6 is 0 Å². The van der Waals surface area contributed by atoms with Crippen LogP contribution in [0, 0.1) is 34.1 Å². The summed E-state index contributed by atoms with van der Waals surface area (Å²) in [6.07, 6.45) is 9.16. The summed E-state index contributed by atoms with van der Waals surface area (Å²) in [7, 11) is 0. The largest absolute Gasteiger partial charge is 0.508 e. The lowest BCUT2D eigenvalue weighted by Crippen LogP contribution is -2.62. The van der Waals surface area contributed by atoms with E-state index in [1.54, 1.807) is 18.3 Å². The number of ether oxygens (including phenoxy) is 1. The molecule has 3 aromatic carbocycles. The molecule has 3 unspecified atom stereocenters. The molecule has 13 nitrogen and oxygen atoms in total. The van der Waals surface area contributed by atoms with Crippen LogP contribution in [0.2, 0.25) is 0 Å². The van der Waals surface area contributed by atoms with Crippen molar-refractivity contribution in [3.63, 3.8) is 0 Å². The number of hydrogen-bond donors (Lipinski definition) is 3. The van der Waals surface area contributed by atoms with Gasteiger partial charge in [-0.1, -0.05) is 13.0 Å². The van der Waals surface area contributed by atoms with Crippen molar-refractivity contribution in [1.29, 1.82) is 0 Å². The third-order valence-electron chi connectivity index (χ3n) is 16.5. The molecule has 7 aliphatic rings. The number of fused-ring (bicyclic) bond motifs is 4. The fourth-order valence-corrected chi connectivity index (χ4v) is 12.8. The van der Waals surface area contributed by atoms with E-state index in [-0.39, 0.29) is 52.2 Å². The van der Waals surface area contributed by atoms with Crippen molar-refractivity contribution in [3.05, 3.63) is 77.0 Å². The van der Waals surface area contributed by atoms with Crippen molar-refractivity contribution in [2.24, 2.45) is 10.8 Å². The number of piperazine rings is 1. The van der Waals surface area contributed by atoms with Gasteiger partial charge in [0.15, 0.2) is 5.82 Å². The number of benzene rings is 3. The van der Waals surface area contributed by atoms with Crippen molar-refractivity contribution in [2.75, 3.05) is 75.3 Å². The predicted octanol–water partition coefficient (Wildman–Crippen LogP) is 6.97. The van der Waals surface area contributed by atoms with E-state index in [1.165, 1.54) is 24.3 Å². The van der Waals surface area contributed by atoms with Gasteiger partial charge in [0.25, 0.3) is 0 Å². The van der Waals surface area contributed by atoms with Crippen LogP contribution in [0.3, 0.4) is 0 Å². The number of aromatic nitrogens is 3. The number of carbonyl (C=O) groups is 2. The third-order valence-corrected chi connectivity index (χ3v) is 16.5. The Morgan fingerprint density at radius 3 is 2.32 bits per heavy atom. The summed E-state index contributed by atoms with van der Waals surface area (Å²) in [6.45, 7) is 10.0. The first-order chi connectivity index (χ1) is 33.3. The summed E-state index contributed by atoms with van der Waals surface area (Å²) in [6, 6.07) is 9.73. The molecule has 1 spiro atoms. The number of nitrogens with one attached hydrogen (secondary N) is 2. The van der Waals surface area contributed by atoms with Gasteiger partial charge in [0.1, 0.15) is 40.2 Å². The Bertz CT molecular complexity index is 2870. The molecule has 6 aliphatic heterocycles. The minimum absolute atomic E-state index is 0.0228. The first kappa shape index (κ1) is 44.6. The summed E-state index contributed by atoms with van der Waals surface area (Å²) in [4.78, 5) is 47.7. The van der Waals surface area contributed by atoms with Gasteiger partial charge in [-0.3, -0.25) is 24.8 Å². The second kappa shape index (κ2) is 17.0. The maximum atomic E-state index is 17.2. The molecule has 6 saturated heterocycles.